The second-order valence-corrected chi connectivity index (χ2v) is 3.79. The summed E-state index contributed by atoms with van der Waals surface area (Å²) in [5.41, 5.74) is 0.760. The molecule has 0 heterocycles. The van der Waals surface area contributed by atoms with Crippen molar-refractivity contribution in [3.05, 3.63) is 41.4 Å². The van der Waals surface area contributed by atoms with Gasteiger partial charge in [0.1, 0.15) is 0 Å². The van der Waals surface area contributed by atoms with Gasteiger partial charge in [-0.1, -0.05) is 30.0 Å². The van der Waals surface area contributed by atoms with Crippen molar-refractivity contribution in [2.24, 2.45) is 0 Å². The van der Waals surface area contributed by atoms with Crippen LogP contribution in [0.1, 0.15) is 6.92 Å². The molecule has 0 atom stereocenters. The molecule has 0 radical (unpaired) electrons. The minimum Gasteiger partial charge on any atom is -0.453 e. The van der Waals surface area contributed by atoms with Crippen molar-refractivity contribution in [2.45, 2.75) is 11.8 Å². The molecule has 15 heavy (non-hydrogen) atoms. The third-order valence-electron chi connectivity index (χ3n) is 1.60. The Hall–Kier alpha value is -1.42. The minimum atomic E-state index is -0.447. The Kier molecular flexibility index (Phi) is 4.77. The summed E-state index contributed by atoms with van der Waals surface area (Å²) in [5, 5.41) is 4.45. The highest BCUT2D eigenvalue weighted by Crippen LogP contribution is 2.19. The first-order valence-electron chi connectivity index (χ1n) is 4.46. The van der Waals surface area contributed by atoms with Crippen LogP contribution in [0.3, 0.4) is 0 Å². The third kappa shape index (κ3) is 4.56. The maximum absolute atomic E-state index is 10.9. The van der Waals surface area contributed by atoms with Crippen molar-refractivity contribution in [2.75, 3.05) is 7.11 Å². The van der Waals surface area contributed by atoms with Crippen LogP contribution in [0.25, 0.3) is 0 Å². The molecule has 1 aromatic rings. The van der Waals surface area contributed by atoms with Gasteiger partial charge in [-0.05, 0) is 24.5 Å². The summed E-state index contributed by atoms with van der Waals surface area (Å²) in [6, 6.07) is 9.92. The number of amides is 1. The lowest BCUT2D eigenvalue weighted by Crippen LogP contribution is -2.20. The molecule has 0 fully saturated rings. The fraction of sp³-hybridized carbons (Fsp3) is 0.182. The van der Waals surface area contributed by atoms with Crippen LogP contribution in [-0.4, -0.2) is 13.2 Å². The van der Waals surface area contributed by atoms with Gasteiger partial charge in [-0.15, -0.1) is 0 Å². The maximum atomic E-state index is 10.9. The van der Waals surface area contributed by atoms with Crippen LogP contribution in [0.2, 0.25) is 0 Å². The molecule has 1 aromatic carbocycles. The van der Waals surface area contributed by atoms with Crippen LogP contribution in [0.15, 0.2) is 46.3 Å². The smallest absolute Gasteiger partial charge is 0.411 e. The van der Waals surface area contributed by atoms with Gasteiger partial charge in [-0.2, -0.15) is 0 Å². The van der Waals surface area contributed by atoms with Crippen LogP contribution < -0.4 is 5.32 Å². The van der Waals surface area contributed by atoms with Gasteiger partial charge in [-0.25, -0.2) is 4.79 Å². The van der Waals surface area contributed by atoms with E-state index >= 15 is 0 Å². The summed E-state index contributed by atoms with van der Waals surface area (Å²) >= 11 is 1.55. The van der Waals surface area contributed by atoms with Gasteiger partial charge < -0.3 is 4.74 Å². The number of alkyl carbamates (subject to hydrolysis) is 1. The SMILES string of the molecule is COC(=O)N/C(C)=C\Sc1ccccc1. The van der Waals surface area contributed by atoms with E-state index < -0.39 is 6.09 Å². The molecule has 0 saturated carbocycles. The van der Waals surface area contributed by atoms with E-state index in [0.717, 1.165) is 10.6 Å². The van der Waals surface area contributed by atoms with Gasteiger partial charge in [0.2, 0.25) is 0 Å². The lowest BCUT2D eigenvalue weighted by Gasteiger charge is -2.02. The van der Waals surface area contributed by atoms with E-state index in [0.29, 0.717) is 0 Å². The number of hydrogen-bond acceptors (Lipinski definition) is 3. The Morgan fingerprint density at radius 2 is 2.07 bits per heavy atom. The predicted octanol–water partition coefficient (Wildman–Crippen LogP) is 3.00. The second-order valence-electron chi connectivity index (χ2n) is 2.85. The molecular formula is C11H13NO2S. The maximum Gasteiger partial charge on any atom is 0.411 e. The van der Waals surface area contributed by atoms with E-state index in [2.05, 4.69) is 10.1 Å². The molecule has 0 aliphatic carbocycles. The Bertz CT molecular complexity index is 349. The van der Waals surface area contributed by atoms with Gasteiger partial charge in [0, 0.05) is 10.6 Å². The molecule has 3 nitrogen and oxygen atoms in total. The molecule has 0 unspecified atom stereocenters. The second kappa shape index (κ2) is 6.14. The lowest BCUT2D eigenvalue weighted by atomic mass is 10.4. The zero-order chi connectivity index (χ0) is 11.1. The number of carbonyl (C=O) groups excluding carboxylic acids is 1. The highest BCUT2D eigenvalue weighted by atomic mass is 32.2. The normalized spacial score (nSPS) is 10.9. The van der Waals surface area contributed by atoms with E-state index in [4.69, 9.17) is 0 Å². The Labute approximate surface area is 93.5 Å². The lowest BCUT2D eigenvalue weighted by molar-refractivity contribution is 0.174. The topological polar surface area (TPSA) is 38.3 Å². The summed E-state index contributed by atoms with van der Waals surface area (Å²) in [5.74, 6) is 0. The van der Waals surface area contributed by atoms with Crippen LogP contribution in [0.4, 0.5) is 4.79 Å². The van der Waals surface area contributed by atoms with E-state index in [9.17, 15) is 4.79 Å². The summed E-state index contributed by atoms with van der Waals surface area (Å²) in [6.45, 7) is 1.81. The number of rotatable bonds is 3. The summed E-state index contributed by atoms with van der Waals surface area (Å²) in [7, 11) is 1.34. The number of thioether (sulfide) groups is 1. The third-order valence-corrected chi connectivity index (χ3v) is 2.62. The molecule has 80 valence electrons. The molecule has 0 bridgehead atoms. The van der Waals surface area contributed by atoms with Crippen molar-refractivity contribution in [1.29, 1.82) is 0 Å². The van der Waals surface area contributed by atoms with Gasteiger partial charge >= 0.3 is 6.09 Å². The zero-order valence-electron chi connectivity index (χ0n) is 8.69. The molecular weight excluding hydrogens is 210 g/mol. The molecule has 1 rings (SSSR count). The number of allylic oxidation sites excluding steroid dienone is 1. The number of benzene rings is 1. The van der Waals surface area contributed by atoms with E-state index in [1.54, 1.807) is 11.8 Å². The summed E-state index contributed by atoms with van der Waals surface area (Å²) in [4.78, 5) is 12.0. The highest BCUT2D eigenvalue weighted by molar-refractivity contribution is 8.02. The number of nitrogens with one attached hydrogen (secondary N) is 1. The van der Waals surface area contributed by atoms with Crippen molar-refractivity contribution in [3.8, 4) is 0 Å². The van der Waals surface area contributed by atoms with E-state index in [-0.39, 0.29) is 0 Å². The predicted molar refractivity (Wildman–Crippen MR) is 61.6 cm³/mol. The summed E-state index contributed by atoms with van der Waals surface area (Å²) in [6.07, 6.45) is -0.447. The van der Waals surface area contributed by atoms with Gasteiger partial charge in [-0.3, -0.25) is 5.32 Å². The number of hydrogen-bond donors (Lipinski definition) is 1. The number of carbonyl (C=O) groups is 1. The van der Waals surface area contributed by atoms with Gasteiger partial charge in [0.05, 0.1) is 7.11 Å². The van der Waals surface area contributed by atoms with E-state index in [1.165, 1.54) is 7.11 Å². The molecule has 0 spiro atoms. The first kappa shape index (κ1) is 11.7. The van der Waals surface area contributed by atoms with Gasteiger partial charge in [0.25, 0.3) is 0 Å². The number of methoxy groups -OCH3 is 1. The fourth-order valence-corrected chi connectivity index (χ4v) is 1.58. The Balaban J connectivity index is 2.47. The highest BCUT2D eigenvalue weighted by Gasteiger charge is 1.98. The van der Waals surface area contributed by atoms with Crippen LogP contribution >= 0.6 is 11.8 Å². The molecule has 0 aliphatic heterocycles. The quantitative estimate of drug-likeness (QED) is 0.800. The molecule has 0 aromatic heterocycles. The molecule has 0 saturated heterocycles. The zero-order valence-corrected chi connectivity index (χ0v) is 9.51. The average Bonchev–Trinajstić information content (AvgIpc) is 2.27. The van der Waals surface area contributed by atoms with Crippen molar-refractivity contribution in [1.82, 2.24) is 5.32 Å². The van der Waals surface area contributed by atoms with Crippen molar-refractivity contribution in [3.63, 3.8) is 0 Å². The monoisotopic (exact) mass is 223 g/mol. The van der Waals surface area contributed by atoms with Crippen LogP contribution in [0.5, 0.6) is 0 Å². The molecule has 1 amide bonds. The molecule has 0 aliphatic rings. The van der Waals surface area contributed by atoms with Crippen molar-refractivity contribution >= 4 is 17.9 Å². The molecule has 4 heteroatoms. The summed E-state index contributed by atoms with van der Waals surface area (Å²) < 4.78 is 4.47. The largest absolute Gasteiger partial charge is 0.453 e. The first-order valence-corrected chi connectivity index (χ1v) is 5.34. The fourth-order valence-electron chi connectivity index (χ4n) is 0.897. The van der Waals surface area contributed by atoms with Crippen LogP contribution in [-0.2, 0) is 4.74 Å². The Morgan fingerprint density at radius 1 is 1.40 bits per heavy atom. The standard InChI is InChI=1S/C11H13NO2S/c1-9(12-11(13)14-2)8-15-10-6-4-3-5-7-10/h3-8H,1-2H3,(H,12,13)/b9-8-. The minimum absolute atomic E-state index is 0.447. The average molecular weight is 223 g/mol. The molecule has 1 N–H and O–H groups in total. The van der Waals surface area contributed by atoms with Gasteiger partial charge in [0.15, 0.2) is 0 Å². The number of ether oxygens (including phenoxy) is 1. The Morgan fingerprint density at radius 3 is 2.67 bits per heavy atom. The first-order chi connectivity index (χ1) is 7.22. The van der Waals surface area contributed by atoms with Crippen LogP contribution in [0, 0.1) is 0 Å². The van der Waals surface area contributed by atoms with E-state index in [1.807, 2.05) is 42.7 Å². The van der Waals surface area contributed by atoms with Crippen molar-refractivity contribution < 1.29 is 9.53 Å².